The number of benzene rings is 2. The highest BCUT2D eigenvalue weighted by Crippen LogP contribution is 2.27. The largest absolute Gasteiger partial charge is 0.270 e. The molecule has 0 nitrogen and oxygen atoms in total. The summed E-state index contributed by atoms with van der Waals surface area (Å²) in [6.07, 6.45) is 5.39. The lowest BCUT2D eigenvalue weighted by Gasteiger charge is -2.12. The molecule has 0 radical (unpaired) electrons. The van der Waals surface area contributed by atoms with Gasteiger partial charge in [-0.05, 0) is 47.9 Å². The van der Waals surface area contributed by atoms with E-state index in [2.05, 4.69) is 32.0 Å². The summed E-state index contributed by atoms with van der Waals surface area (Å²) in [6.45, 7) is 5.33. The molecule has 124 valence electrons. The van der Waals surface area contributed by atoms with Crippen molar-refractivity contribution in [1.82, 2.24) is 0 Å². The number of unbranched alkanes of at least 4 members (excludes halogenated alkanes) is 1. The standard InChI is InChI=1S/C21H26F2/c1-4-6-7-19-11-8-17(15-18(19)5-2)14-16-9-12-20(13-10-16)21(3,22)23/h8-13,15H,4-7,14H2,1-3H3. The molecule has 0 bridgehead atoms. The lowest BCUT2D eigenvalue weighted by molar-refractivity contribution is 0.0174. The third-order valence-electron chi connectivity index (χ3n) is 4.32. The van der Waals surface area contributed by atoms with Crippen molar-refractivity contribution < 1.29 is 8.78 Å². The fraction of sp³-hybridized carbons (Fsp3) is 0.429. The number of rotatable bonds is 7. The zero-order valence-corrected chi connectivity index (χ0v) is 14.3. The van der Waals surface area contributed by atoms with Crippen LogP contribution in [0.5, 0.6) is 0 Å². The maximum Gasteiger partial charge on any atom is 0.270 e. The van der Waals surface area contributed by atoms with Crippen LogP contribution < -0.4 is 0 Å². The molecule has 0 amide bonds. The zero-order chi connectivity index (χ0) is 16.9. The van der Waals surface area contributed by atoms with E-state index in [0.717, 1.165) is 31.7 Å². The fourth-order valence-corrected chi connectivity index (χ4v) is 2.88. The van der Waals surface area contributed by atoms with Gasteiger partial charge in [-0.15, -0.1) is 0 Å². The molecule has 0 N–H and O–H groups in total. The minimum atomic E-state index is -2.77. The Morgan fingerprint density at radius 1 is 0.870 bits per heavy atom. The van der Waals surface area contributed by atoms with Crippen LogP contribution in [0.3, 0.4) is 0 Å². The molecular formula is C21H26F2. The Bertz CT molecular complexity index is 621. The summed E-state index contributed by atoms with van der Waals surface area (Å²) in [6, 6.07) is 13.4. The van der Waals surface area contributed by atoms with Gasteiger partial charge in [0.2, 0.25) is 0 Å². The van der Waals surface area contributed by atoms with Gasteiger partial charge in [-0.25, -0.2) is 8.78 Å². The molecule has 0 spiro atoms. The average Bonchev–Trinajstić information content (AvgIpc) is 2.53. The van der Waals surface area contributed by atoms with E-state index in [0.29, 0.717) is 0 Å². The van der Waals surface area contributed by atoms with Crippen LogP contribution in [-0.4, -0.2) is 0 Å². The first-order chi connectivity index (χ1) is 10.9. The van der Waals surface area contributed by atoms with Crippen LogP contribution >= 0.6 is 0 Å². The van der Waals surface area contributed by atoms with E-state index in [1.165, 1.54) is 41.7 Å². The molecule has 2 heteroatoms. The first-order valence-corrected chi connectivity index (χ1v) is 8.52. The van der Waals surface area contributed by atoms with Crippen LogP contribution in [0.25, 0.3) is 0 Å². The highest BCUT2D eigenvalue weighted by atomic mass is 19.3. The van der Waals surface area contributed by atoms with Gasteiger partial charge in [0.05, 0.1) is 0 Å². The van der Waals surface area contributed by atoms with Gasteiger partial charge >= 0.3 is 0 Å². The Morgan fingerprint density at radius 3 is 2.09 bits per heavy atom. The molecular weight excluding hydrogens is 290 g/mol. The quantitative estimate of drug-likeness (QED) is 0.563. The third-order valence-corrected chi connectivity index (χ3v) is 4.32. The van der Waals surface area contributed by atoms with E-state index in [9.17, 15) is 8.78 Å². The number of halogens is 2. The predicted octanol–water partition coefficient (Wildman–Crippen LogP) is 6.29. The lowest BCUT2D eigenvalue weighted by Crippen LogP contribution is -2.06. The lowest BCUT2D eigenvalue weighted by atomic mass is 9.95. The number of aryl methyl sites for hydroxylation is 2. The molecule has 0 heterocycles. The molecule has 2 rings (SSSR count). The summed E-state index contributed by atoms with van der Waals surface area (Å²) < 4.78 is 26.5. The van der Waals surface area contributed by atoms with Gasteiger partial charge in [0.15, 0.2) is 0 Å². The summed E-state index contributed by atoms with van der Waals surface area (Å²) in [5.41, 5.74) is 5.25. The smallest absolute Gasteiger partial charge is 0.202 e. The SMILES string of the molecule is CCCCc1ccc(Cc2ccc(C(C)(F)F)cc2)cc1CC. The normalized spacial score (nSPS) is 11.7. The molecule has 2 aromatic carbocycles. The topological polar surface area (TPSA) is 0 Å². The van der Waals surface area contributed by atoms with Crippen LogP contribution in [-0.2, 0) is 25.2 Å². The molecule has 2 aromatic rings. The second kappa shape index (κ2) is 7.72. The third kappa shape index (κ3) is 4.89. The fourth-order valence-electron chi connectivity index (χ4n) is 2.88. The minimum absolute atomic E-state index is 0.0745. The van der Waals surface area contributed by atoms with Gasteiger partial charge < -0.3 is 0 Å². The first kappa shape index (κ1) is 17.7. The maximum atomic E-state index is 13.3. The summed E-state index contributed by atoms with van der Waals surface area (Å²) in [5, 5.41) is 0. The maximum absolute atomic E-state index is 13.3. The van der Waals surface area contributed by atoms with Gasteiger partial charge in [0.1, 0.15) is 0 Å². The van der Waals surface area contributed by atoms with Crippen LogP contribution in [0.2, 0.25) is 0 Å². The highest BCUT2D eigenvalue weighted by Gasteiger charge is 2.23. The Balaban J connectivity index is 2.13. The molecule has 0 aliphatic heterocycles. The van der Waals surface area contributed by atoms with Crippen molar-refractivity contribution in [3.8, 4) is 0 Å². The second-order valence-corrected chi connectivity index (χ2v) is 6.32. The van der Waals surface area contributed by atoms with Gasteiger partial charge in [-0.2, -0.15) is 0 Å². The van der Waals surface area contributed by atoms with Gasteiger partial charge in [0, 0.05) is 12.5 Å². The first-order valence-electron chi connectivity index (χ1n) is 8.52. The Hall–Kier alpha value is -1.70. The van der Waals surface area contributed by atoms with Gasteiger partial charge in [0.25, 0.3) is 5.92 Å². The molecule has 0 unspecified atom stereocenters. The van der Waals surface area contributed by atoms with Crippen molar-refractivity contribution in [3.63, 3.8) is 0 Å². The number of hydrogen-bond donors (Lipinski definition) is 0. The van der Waals surface area contributed by atoms with Crippen LogP contribution in [0, 0.1) is 0 Å². The molecule has 23 heavy (non-hydrogen) atoms. The van der Waals surface area contributed by atoms with Crippen molar-refractivity contribution in [3.05, 3.63) is 70.3 Å². The second-order valence-electron chi connectivity index (χ2n) is 6.32. The van der Waals surface area contributed by atoms with Crippen molar-refractivity contribution in [1.29, 1.82) is 0 Å². The number of hydrogen-bond acceptors (Lipinski definition) is 0. The Morgan fingerprint density at radius 2 is 1.52 bits per heavy atom. The van der Waals surface area contributed by atoms with Gasteiger partial charge in [-0.3, -0.25) is 0 Å². The highest BCUT2D eigenvalue weighted by molar-refractivity contribution is 5.36. The molecule has 0 aliphatic rings. The summed E-state index contributed by atoms with van der Waals surface area (Å²) >= 11 is 0. The number of alkyl halides is 2. The molecule has 0 aromatic heterocycles. The van der Waals surface area contributed by atoms with E-state index < -0.39 is 5.92 Å². The average molecular weight is 316 g/mol. The summed E-state index contributed by atoms with van der Waals surface area (Å²) in [7, 11) is 0. The van der Waals surface area contributed by atoms with Crippen LogP contribution in [0.1, 0.15) is 61.4 Å². The minimum Gasteiger partial charge on any atom is -0.202 e. The van der Waals surface area contributed by atoms with E-state index >= 15 is 0 Å². The molecule has 0 aliphatic carbocycles. The van der Waals surface area contributed by atoms with E-state index in [-0.39, 0.29) is 5.56 Å². The summed E-state index contributed by atoms with van der Waals surface area (Å²) in [4.78, 5) is 0. The molecule has 0 atom stereocenters. The van der Waals surface area contributed by atoms with E-state index in [1.807, 2.05) is 12.1 Å². The molecule has 0 saturated heterocycles. The summed E-state index contributed by atoms with van der Waals surface area (Å²) in [5.74, 6) is -2.77. The van der Waals surface area contributed by atoms with Gasteiger partial charge in [-0.1, -0.05) is 62.7 Å². The zero-order valence-electron chi connectivity index (χ0n) is 14.3. The van der Waals surface area contributed by atoms with Crippen LogP contribution in [0.4, 0.5) is 8.78 Å². The molecule has 0 saturated carbocycles. The predicted molar refractivity (Wildman–Crippen MR) is 93.2 cm³/mol. The Kier molecular flexibility index (Phi) is 5.92. The van der Waals surface area contributed by atoms with Crippen molar-refractivity contribution in [2.75, 3.05) is 0 Å². The van der Waals surface area contributed by atoms with Crippen LogP contribution in [0.15, 0.2) is 42.5 Å². The van der Waals surface area contributed by atoms with Crippen molar-refractivity contribution in [2.24, 2.45) is 0 Å². The van der Waals surface area contributed by atoms with E-state index in [4.69, 9.17) is 0 Å². The van der Waals surface area contributed by atoms with Crippen molar-refractivity contribution in [2.45, 2.75) is 58.8 Å². The van der Waals surface area contributed by atoms with E-state index in [1.54, 1.807) is 0 Å². The molecule has 0 fully saturated rings. The monoisotopic (exact) mass is 316 g/mol. The van der Waals surface area contributed by atoms with Crippen molar-refractivity contribution >= 4 is 0 Å². The Labute approximate surface area is 138 Å².